The summed E-state index contributed by atoms with van der Waals surface area (Å²) in [6.07, 6.45) is 41.7. The van der Waals surface area contributed by atoms with Gasteiger partial charge in [-0.25, -0.2) is 4.57 Å². The van der Waals surface area contributed by atoms with Crippen molar-refractivity contribution in [2.75, 3.05) is 47.4 Å². The number of hydrogen-bond donors (Lipinski definition) is 3. The third kappa shape index (κ3) is 44.4. The second-order valence-electron chi connectivity index (χ2n) is 18.1. The summed E-state index contributed by atoms with van der Waals surface area (Å²) in [5, 5.41) is 5.87. The topological polar surface area (TPSA) is 114 Å². The van der Waals surface area contributed by atoms with Crippen LogP contribution in [0, 0.1) is 0 Å². The molecule has 0 aliphatic carbocycles. The molecule has 57 heavy (non-hydrogen) atoms. The lowest BCUT2D eigenvalue weighted by molar-refractivity contribution is -0.870. The normalized spacial score (nSPS) is 13.4. The van der Waals surface area contributed by atoms with Crippen molar-refractivity contribution in [1.29, 1.82) is 0 Å². The molecule has 0 saturated heterocycles. The van der Waals surface area contributed by atoms with Crippen LogP contribution in [0.5, 0.6) is 0 Å². The fourth-order valence-corrected chi connectivity index (χ4v) is 8.16. The Bertz CT molecular complexity index is 947. The number of amides is 2. The summed E-state index contributed by atoms with van der Waals surface area (Å²) in [5.74, 6) is -0.190. The smallest absolute Gasteiger partial charge is 0.354 e. The molecule has 0 aliphatic heterocycles. The summed E-state index contributed by atoms with van der Waals surface area (Å²) in [5.41, 5.74) is 0. The lowest BCUT2D eigenvalue weighted by Crippen LogP contribution is -2.46. The van der Waals surface area contributed by atoms with Gasteiger partial charge in [0.15, 0.2) is 0 Å². The Hall–Kier alpha value is -0.990. The van der Waals surface area contributed by atoms with Crippen molar-refractivity contribution in [3.63, 3.8) is 0 Å². The number of nitrogens with zero attached hydrogens (tertiary/aromatic N) is 1. The third-order valence-corrected chi connectivity index (χ3v) is 12.1. The van der Waals surface area contributed by atoms with Crippen LogP contribution >= 0.6 is 7.82 Å². The van der Waals surface area contributed by atoms with Crippen LogP contribution in [0.1, 0.15) is 239 Å². The highest BCUT2D eigenvalue weighted by Crippen LogP contribution is 2.43. The van der Waals surface area contributed by atoms with Gasteiger partial charge >= 0.3 is 7.82 Å². The molecule has 0 heterocycles. The van der Waals surface area contributed by atoms with E-state index in [1.54, 1.807) is 0 Å². The van der Waals surface area contributed by atoms with Gasteiger partial charge in [0.05, 0.1) is 46.9 Å². The van der Waals surface area contributed by atoms with Crippen LogP contribution in [-0.4, -0.2) is 74.7 Å². The number of quaternary nitrogens is 1. The van der Waals surface area contributed by atoms with Gasteiger partial charge in [-0.2, -0.15) is 0 Å². The van der Waals surface area contributed by atoms with Crippen molar-refractivity contribution in [3.8, 4) is 0 Å². The molecule has 2 unspecified atom stereocenters. The first-order valence-corrected chi connectivity index (χ1v) is 26.0. The number of carbonyl (C=O) groups excluding carboxylic acids is 2. The first kappa shape index (κ1) is 56.0. The number of phosphoric ester groups is 1. The highest BCUT2D eigenvalue weighted by molar-refractivity contribution is 7.47. The molecule has 0 spiro atoms. The van der Waals surface area contributed by atoms with E-state index < -0.39 is 13.9 Å². The molecule has 0 aromatic rings. The minimum atomic E-state index is -4.29. The first-order chi connectivity index (χ1) is 27.5. The van der Waals surface area contributed by atoms with Gasteiger partial charge in [-0.1, -0.05) is 194 Å². The van der Waals surface area contributed by atoms with Gasteiger partial charge in [-0.15, -0.1) is 0 Å². The van der Waals surface area contributed by atoms with Crippen molar-refractivity contribution in [2.45, 2.75) is 245 Å². The summed E-state index contributed by atoms with van der Waals surface area (Å²) in [6, 6.07) is -0.618. The predicted molar refractivity (Wildman–Crippen MR) is 243 cm³/mol. The average molecular weight is 831 g/mol. The van der Waals surface area contributed by atoms with Crippen LogP contribution in [0.3, 0.4) is 0 Å². The van der Waals surface area contributed by atoms with Crippen molar-refractivity contribution < 1.29 is 32.6 Å². The van der Waals surface area contributed by atoms with E-state index in [-0.39, 0.29) is 31.6 Å². The molecule has 2 atom stereocenters. The zero-order valence-electron chi connectivity index (χ0n) is 38.5. The maximum Gasteiger partial charge on any atom is 0.472 e. The Labute approximate surface area is 353 Å². The quantitative estimate of drug-likeness (QED) is 0.0320. The Morgan fingerprint density at radius 3 is 1.25 bits per heavy atom. The molecule has 0 aromatic carbocycles. The largest absolute Gasteiger partial charge is 0.472 e. The molecule has 3 N–H and O–H groups in total. The van der Waals surface area contributed by atoms with Crippen molar-refractivity contribution >= 4 is 19.6 Å². The number of rotatable bonds is 45. The van der Waals surface area contributed by atoms with Crippen molar-refractivity contribution in [1.82, 2.24) is 10.6 Å². The van der Waals surface area contributed by atoms with Gasteiger partial charge in [0.2, 0.25) is 11.8 Å². The summed E-state index contributed by atoms with van der Waals surface area (Å²) in [6.45, 7) is 5.64. The van der Waals surface area contributed by atoms with E-state index in [9.17, 15) is 19.0 Å². The van der Waals surface area contributed by atoms with E-state index in [1.165, 1.54) is 154 Å². The number of hydrogen-bond acceptors (Lipinski definition) is 5. The molecule has 0 saturated carbocycles. The minimum Gasteiger partial charge on any atom is -0.354 e. The number of unbranched alkanes of at least 4 members (excludes halogenated alkanes) is 30. The standard InChI is InChI=1S/C47H96N3O6P/c1-6-8-10-12-14-16-18-20-22-24-26-28-30-32-35-39-46(51)48-43-45(44-56-57(53,54)55-42-38-34-37-41-50(3,4)5)49-47(52)40-36-33-31-29-27-25-23-21-19-17-15-13-11-9-7-2/h45H,6-44H2,1-5H3,(H2-,48,49,51,52,53,54)/p+1. The fraction of sp³-hybridized carbons (Fsp3) is 0.957. The molecule has 0 aromatic heterocycles. The van der Waals surface area contributed by atoms with E-state index in [0.717, 1.165) is 62.4 Å². The Morgan fingerprint density at radius 2 is 0.860 bits per heavy atom. The van der Waals surface area contributed by atoms with Crippen LogP contribution in [0.4, 0.5) is 0 Å². The Kier molecular flexibility index (Phi) is 39.7. The maximum atomic E-state index is 12.9. The van der Waals surface area contributed by atoms with Crippen LogP contribution in [-0.2, 0) is 23.2 Å². The Balaban J connectivity index is 4.38. The first-order valence-electron chi connectivity index (χ1n) is 24.5. The third-order valence-electron chi connectivity index (χ3n) is 11.1. The number of carbonyl (C=O) groups is 2. The van der Waals surface area contributed by atoms with Crippen molar-refractivity contribution in [3.05, 3.63) is 0 Å². The zero-order valence-corrected chi connectivity index (χ0v) is 39.4. The molecule has 0 aliphatic rings. The zero-order chi connectivity index (χ0) is 42.1. The van der Waals surface area contributed by atoms with Gasteiger partial charge in [-0.3, -0.25) is 18.6 Å². The molecule has 340 valence electrons. The van der Waals surface area contributed by atoms with Crippen LogP contribution < -0.4 is 10.6 Å². The number of phosphoric acid groups is 1. The molecule has 2 amide bonds. The van der Waals surface area contributed by atoms with Crippen LogP contribution in [0.25, 0.3) is 0 Å². The molecule has 0 radical (unpaired) electrons. The van der Waals surface area contributed by atoms with Gasteiger partial charge < -0.3 is 20.0 Å². The van der Waals surface area contributed by atoms with E-state index in [1.807, 2.05) is 0 Å². The SMILES string of the molecule is CCCCCCCCCCCCCCCCCC(=O)NCC(COP(=O)(O)OCCCCC[N+](C)(C)C)NC(=O)CCCCCCCCCCCCCCCCC. The molecule has 9 nitrogen and oxygen atoms in total. The minimum absolute atomic E-state index is 0.0661. The van der Waals surface area contributed by atoms with E-state index in [0.29, 0.717) is 19.3 Å². The van der Waals surface area contributed by atoms with Crippen LogP contribution in [0.15, 0.2) is 0 Å². The Morgan fingerprint density at radius 1 is 0.509 bits per heavy atom. The summed E-state index contributed by atoms with van der Waals surface area (Å²) >= 11 is 0. The van der Waals surface area contributed by atoms with Gasteiger partial charge in [0, 0.05) is 19.4 Å². The summed E-state index contributed by atoms with van der Waals surface area (Å²) < 4.78 is 24.1. The van der Waals surface area contributed by atoms with E-state index in [4.69, 9.17) is 9.05 Å². The van der Waals surface area contributed by atoms with E-state index in [2.05, 4.69) is 45.6 Å². The molecule has 0 bridgehead atoms. The van der Waals surface area contributed by atoms with Crippen LogP contribution in [0.2, 0.25) is 0 Å². The predicted octanol–water partition coefficient (Wildman–Crippen LogP) is 13.1. The molecule has 0 rings (SSSR count). The lowest BCUT2D eigenvalue weighted by Gasteiger charge is -2.23. The molecule has 0 fully saturated rings. The summed E-state index contributed by atoms with van der Waals surface area (Å²) in [7, 11) is 2.15. The highest BCUT2D eigenvalue weighted by atomic mass is 31.2. The van der Waals surface area contributed by atoms with E-state index >= 15 is 0 Å². The molecular formula is C47H97N3O6P+. The van der Waals surface area contributed by atoms with Gasteiger partial charge in [0.1, 0.15) is 0 Å². The average Bonchev–Trinajstić information content (AvgIpc) is 3.16. The molecule has 10 heteroatoms. The lowest BCUT2D eigenvalue weighted by atomic mass is 10.0. The van der Waals surface area contributed by atoms with Crippen molar-refractivity contribution in [2.24, 2.45) is 0 Å². The highest BCUT2D eigenvalue weighted by Gasteiger charge is 2.24. The van der Waals surface area contributed by atoms with Gasteiger partial charge in [-0.05, 0) is 32.1 Å². The second kappa shape index (κ2) is 40.4. The fourth-order valence-electron chi connectivity index (χ4n) is 7.36. The summed E-state index contributed by atoms with van der Waals surface area (Å²) in [4.78, 5) is 35.9. The molecular weight excluding hydrogens is 734 g/mol. The maximum absolute atomic E-state index is 12.9. The van der Waals surface area contributed by atoms with Gasteiger partial charge in [0.25, 0.3) is 0 Å². The number of nitrogens with one attached hydrogen (secondary N) is 2. The monoisotopic (exact) mass is 831 g/mol. The second-order valence-corrected chi connectivity index (χ2v) is 19.6.